The smallest absolute Gasteiger partial charge is 0.233 e. The van der Waals surface area contributed by atoms with Gasteiger partial charge in [0.25, 0.3) is 0 Å². The fourth-order valence-corrected chi connectivity index (χ4v) is 3.28. The molecule has 1 N–H and O–H groups in total. The first-order valence-corrected chi connectivity index (χ1v) is 8.19. The maximum absolute atomic E-state index is 11.9. The fraction of sp³-hybridized carbons (Fsp3) is 0.538. The van der Waals surface area contributed by atoms with Crippen LogP contribution in [0, 0.1) is 5.92 Å². The normalized spacial score (nSPS) is 13.6. The monoisotopic (exact) mass is 289 g/mol. The van der Waals surface area contributed by atoms with Gasteiger partial charge in [0.1, 0.15) is 0 Å². The van der Waals surface area contributed by atoms with E-state index in [2.05, 4.69) is 18.6 Å². The Morgan fingerprint density at radius 2 is 1.94 bits per heavy atom. The zero-order chi connectivity index (χ0) is 13.8. The van der Waals surface area contributed by atoms with Gasteiger partial charge in [0.2, 0.25) is 10.0 Å². The summed E-state index contributed by atoms with van der Waals surface area (Å²) < 4.78 is 26.4. The van der Waals surface area contributed by atoms with Crippen molar-refractivity contribution < 1.29 is 8.42 Å². The molecule has 1 aromatic rings. The van der Waals surface area contributed by atoms with Gasteiger partial charge in [0, 0.05) is 11.6 Å². The molecule has 1 atom stereocenters. The number of nitrogens with one attached hydrogen (secondary N) is 1. The molecule has 0 saturated heterocycles. The number of benzene rings is 1. The van der Waals surface area contributed by atoms with E-state index < -0.39 is 10.0 Å². The highest BCUT2D eigenvalue weighted by atomic mass is 35.5. The van der Waals surface area contributed by atoms with Gasteiger partial charge in [-0.3, -0.25) is 4.72 Å². The van der Waals surface area contributed by atoms with Crippen LogP contribution in [0.25, 0.3) is 0 Å². The molecule has 0 aliphatic heterocycles. The predicted octanol–water partition coefficient (Wildman–Crippen LogP) is 3.43. The lowest BCUT2D eigenvalue weighted by Crippen LogP contribution is -2.22. The standard InChI is InChI=1S/C13H20ClNO2S/c1-10(2)12-5-4-6-13(7-12)15-18(16,17)9-11(3)8-14/h4-7,10-11,15H,8-9H2,1-3H3. The van der Waals surface area contributed by atoms with Crippen molar-refractivity contribution in [1.29, 1.82) is 0 Å². The summed E-state index contributed by atoms with van der Waals surface area (Å²) in [5, 5.41) is 0. The lowest BCUT2D eigenvalue weighted by Gasteiger charge is -2.13. The van der Waals surface area contributed by atoms with Gasteiger partial charge < -0.3 is 0 Å². The lowest BCUT2D eigenvalue weighted by molar-refractivity contribution is 0.588. The first-order chi connectivity index (χ1) is 8.34. The number of sulfonamides is 1. The summed E-state index contributed by atoms with van der Waals surface area (Å²) in [6.45, 7) is 5.96. The predicted molar refractivity (Wildman–Crippen MR) is 77.8 cm³/mol. The summed E-state index contributed by atoms with van der Waals surface area (Å²) in [6, 6.07) is 7.48. The number of hydrogen-bond donors (Lipinski definition) is 1. The van der Waals surface area contributed by atoms with Gasteiger partial charge in [-0.25, -0.2) is 8.42 Å². The number of anilines is 1. The van der Waals surface area contributed by atoms with Crippen molar-refractivity contribution in [3.63, 3.8) is 0 Å². The molecule has 0 heterocycles. The summed E-state index contributed by atoms with van der Waals surface area (Å²) in [6.07, 6.45) is 0. The van der Waals surface area contributed by atoms with Gasteiger partial charge in [-0.1, -0.05) is 32.9 Å². The highest BCUT2D eigenvalue weighted by molar-refractivity contribution is 7.92. The molecular weight excluding hydrogens is 270 g/mol. The lowest BCUT2D eigenvalue weighted by atomic mass is 10.0. The first-order valence-electron chi connectivity index (χ1n) is 6.00. The third kappa shape index (κ3) is 4.86. The Balaban J connectivity index is 2.81. The third-order valence-corrected chi connectivity index (χ3v) is 4.68. The molecular formula is C13H20ClNO2S. The zero-order valence-electron chi connectivity index (χ0n) is 11.0. The Morgan fingerprint density at radius 1 is 1.28 bits per heavy atom. The Morgan fingerprint density at radius 3 is 2.50 bits per heavy atom. The molecule has 0 fully saturated rings. The quantitative estimate of drug-likeness (QED) is 0.816. The van der Waals surface area contributed by atoms with Gasteiger partial charge in [-0.15, -0.1) is 11.6 Å². The molecule has 0 spiro atoms. The molecule has 0 aromatic heterocycles. The third-order valence-electron chi connectivity index (χ3n) is 2.59. The maximum atomic E-state index is 11.9. The molecule has 1 aromatic carbocycles. The van der Waals surface area contributed by atoms with E-state index in [-0.39, 0.29) is 11.7 Å². The van der Waals surface area contributed by atoms with Crippen molar-refractivity contribution in [2.75, 3.05) is 16.4 Å². The van der Waals surface area contributed by atoms with Crippen LogP contribution in [-0.4, -0.2) is 20.1 Å². The molecule has 0 aliphatic rings. The SMILES string of the molecule is CC(CCl)CS(=O)(=O)Nc1cccc(C(C)C)c1. The molecule has 0 aliphatic carbocycles. The van der Waals surface area contributed by atoms with Crippen molar-refractivity contribution in [3.8, 4) is 0 Å². The largest absolute Gasteiger partial charge is 0.284 e. The number of alkyl halides is 1. The molecule has 3 nitrogen and oxygen atoms in total. The van der Waals surface area contributed by atoms with Crippen LogP contribution < -0.4 is 4.72 Å². The van der Waals surface area contributed by atoms with E-state index in [1.165, 1.54) is 0 Å². The second kappa shape index (κ2) is 6.43. The van der Waals surface area contributed by atoms with Gasteiger partial charge >= 0.3 is 0 Å². The fourth-order valence-electron chi connectivity index (χ4n) is 1.60. The van der Waals surface area contributed by atoms with Crippen molar-refractivity contribution in [1.82, 2.24) is 0 Å². The molecule has 1 unspecified atom stereocenters. The van der Waals surface area contributed by atoms with Crippen molar-refractivity contribution in [2.45, 2.75) is 26.7 Å². The zero-order valence-corrected chi connectivity index (χ0v) is 12.6. The second-order valence-corrected chi connectivity index (χ2v) is 7.00. The Bertz CT molecular complexity index is 486. The van der Waals surface area contributed by atoms with E-state index >= 15 is 0 Å². The van der Waals surface area contributed by atoms with Crippen molar-refractivity contribution in [2.24, 2.45) is 5.92 Å². The molecule has 0 bridgehead atoms. The molecule has 102 valence electrons. The Hall–Kier alpha value is -0.740. The minimum atomic E-state index is -3.32. The van der Waals surface area contributed by atoms with E-state index in [9.17, 15) is 8.42 Å². The van der Waals surface area contributed by atoms with Crippen LogP contribution in [0.4, 0.5) is 5.69 Å². The summed E-state index contributed by atoms with van der Waals surface area (Å²) in [5.74, 6) is 0.698. The summed E-state index contributed by atoms with van der Waals surface area (Å²) in [7, 11) is -3.32. The molecule has 18 heavy (non-hydrogen) atoms. The summed E-state index contributed by atoms with van der Waals surface area (Å²) in [5.41, 5.74) is 1.73. The Kier molecular flexibility index (Phi) is 5.47. The highest BCUT2D eigenvalue weighted by Gasteiger charge is 2.15. The minimum absolute atomic E-state index is 0.0441. The van der Waals surface area contributed by atoms with E-state index in [1.54, 1.807) is 6.07 Å². The van der Waals surface area contributed by atoms with Crippen LogP contribution in [0.15, 0.2) is 24.3 Å². The minimum Gasteiger partial charge on any atom is -0.284 e. The highest BCUT2D eigenvalue weighted by Crippen LogP contribution is 2.19. The van der Waals surface area contributed by atoms with Gasteiger partial charge in [-0.05, 0) is 29.5 Å². The summed E-state index contributed by atoms with van der Waals surface area (Å²) >= 11 is 5.64. The van der Waals surface area contributed by atoms with Crippen LogP contribution in [0.1, 0.15) is 32.3 Å². The van der Waals surface area contributed by atoms with Crippen molar-refractivity contribution >= 4 is 27.3 Å². The summed E-state index contributed by atoms with van der Waals surface area (Å²) in [4.78, 5) is 0. The maximum Gasteiger partial charge on any atom is 0.233 e. The van der Waals surface area contributed by atoms with E-state index in [0.29, 0.717) is 17.5 Å². The van der Waals surface area contributed by atoms with Crippen molar-refractivity contribution in [3.05, 3.63) is 29.8 Å². The average Bonchev–Trinajstić information content (AvgIpc) is 2.27. The van der Waals surface area contributed by atoms with Gasteiger partial charge in [0.05, 0.1) is 5.75 Å². The van der Waals surface area contributed by atoms with E-state index in [4.69, 9.17) is 11.6 Å². The van der Waals surface area contributed by atoms with Gasteiger partial charge in [-0.2, -0.15) is 0 Å². The molecule has 0 saturated carbocycles. The molecule has 0 amide bonds. The molecule has 5 heteroatoms. The van der Waals surface area contributed by atoms with Gasteiger partial charge in [0.15, 0.2) is 0 Å². The number of hydrogen-bond acceptors (Lipinski definition) is 2. The van der Waals surface area contributed by atoms with E-state index in [1.807, 2.05) is 25.1 Å². The first kappa shape index (κ1) is 15.3. The topological polar surface area (TPSA) is 46.2 Å². The number of halogens is 1. The average molecular weight is 290 g/mol. The number of rotatable bonds is 6. The molecule has 0 radical (unpaired) electrons. The van der Waals surface area contributed by atoms with Crippen LogP contribution in [0.2, 0.25) is 0 Å². The second-order valence-electron chi connectivity index (χ2n) is 4.92. The van der Waals surface area contributed by atoms with E-state index in [0.717, 1.165) is 5.56 Å². The van der Waals surface area contributed by atoms with Crippen LogP contribution >= 0.6 is 11.6 Å². The van der Waals surface area contributed by atoms with Crippen LogP contribution in [-0.2, 0) is 10.0 Å². The molecule has 1 rings (SSSR count). The Labute approximate surface area is 115 Å². The van der Waals surface area contributed by atoms with Crippen LogP contribution in [0.5, 0.6) is 0 Å². The van der Waals surface area contributed by atoms with Crippen LogP contribution in [0.3, 0.4) is 0 Å².